The van der Waals surface area contributed by atoms with Gasteiger partial charge >= 0.3 is 0 Å². The van der Waals surface area contributed by atoms with E-state index in [0.717, 1.165) is 25.3 Å². The van der Waals surface area contributed by atoms with Gasteiger partial charge in [-0.25, -0.2) is 0 Å². The Morgan fingerprint density at radius 2 is 2.12 bits per heavy atom. The molecular weight excluding hydrogens is 210 g/mol. The van der Waals surface area contributed by atoms with Crippen molar-refractivity contribution >= 4 is 0 Å². The lowest BCUT2D eigenvalue weighted by atomic mass is 10.3. The van der Waals surface area contributed by atoms with Crippen LogP contribution >= 0.6 is 0 Å². The van der Waals surface area contributed by atoms with Crippen molar-refractivity contribution in [3.8, 4) is 0 Å². The smallest absolute Gasteiger partial charge is 0.0541 e. The van der Waals surface area contributed by atoms with Gasteiger partial charge in [0.2, 0.25) is 0 Å². The highest BCUT2D eigenvalue weighted by Crippen LogP contribution is 1.98. The van der Waals surface area contributed by atoms with Crippen molar-refractivity contribution in [1.29, 1.82) is 0 Å². The van der Waals surface area contributed by atoms with Gasteiger partial charge in [-0.1, -0.05) is 13.0 Å². The number of hydrogen-bond acceptors (Lipinski definition) is 3. The molecule has 0 bridgehead atoms. The van der Waals surface area contributed by atoms with Crippen molar-refractivity contribution in [1.82, 2.24) is 15.2 Å². The minimum Gasteiger partial charge on any atom is -0.310 e. The molecule has 1 N–H and O–H groups in total. The minimum absolute atomic E-state index is 0.631. The lowest BCUT2D eigenvalue weighted by Crippen LogP contribution is -2.37. The highest BCUT2D eigenvalue weighted by atomic mass is 15.2. The van der Waals surface area contributed by atoms with E-state index in [9.17, 15) is 0 Å². The van der Waals surface area contributed by atoms with Crippen molar-refractivity contribution < 1.29 is 0 Å². The first kappa shape index (κ1) is 14.1. The topological polar surface area (TPSA) is 28.2 Å². The molecule has 1 rings (SSSR count). The van der Waals surface area contributed by atoms with E-state index < -0.39 is 0 Å². The van der Waals surface area contributed by atoms with Gasteiger partial charge in [-0.3, -0.25) is 9.88 Å². The molecule has 0 fully saturated rings. The van der Waals surface area contributed by atoms with Crippen LogP contribution in [0.2, 0.25) is 0 Å². The number of nitrogens with one attached hydrogen (secondary N) is 1. The summed E-state index contributed by atoms with van der Waals surface area (Å²) >= 11 is 0. The molecule has 0 atom stereocenters. The molecular formula is C14H25N3. The Morgan fingerprint density at radius 1 is 1.29 bits per heavy atom. The SMILES string of the molecule is CCCN(CCNCc1ccccn1)C(C)C. The zero-order valence-corrected chi connectivity index (χ0v) is 11.3. The number of aromatic nitrogens is 1. The second kappa shape index (κ2) is 8.20. The zero-order valence-electron chi connectivity index (χ0n) is 11.3. The third-order valence-electron chi connectivity index (χ3n) is 2.85. The Labute approximate surface area is 105 Å². The van der Waals surface area contributed by atoms with Gasteiger partial charge in [0.25, 0.3) is 0 Å². The van der Waals surface area contributed by atoms with Crippen molar-refractivity contribution in [3.63, 3.8) is 0 Å². The summed E-state index contributed by atoms with van der Waals surface area (Å²) in [4.78, 5) is 6.80. The molecule has 0 spiro atoms. The van der Waals surface area contributed by atoms with E-state index in [1.807, 2.05) is 18.3 Å². The summed E-state index contributed by atoms with van der Waals surface area (Å²) in [5.41, 5.74) is 1.11. The molecule has 0 aliphatic carbocycles. The number of rotatable bonds is 8. The van der Waals surface area contributed by atoms with Gasteiger partial charge in [-0.05, 0) is 38.9 Å². The maximum atomic E-state index is 4.29. The Kier molecular flexibility index (Phi) is 6.82. The van der Waals surface area contributed by atoms with Gasteiger partial charge in [0.1, 0.15) is 0 Å². The van der Waals surface area contributed by atoms with Crippen molar-refractivity contribution in [2.75, 3.05) is 19.6 Å². The first-order valence-electron chi connectivity index (χ1n) is 6.58. The van der Waals surface area contributed by atoms with Crippen LogP contribution in [0.4, 0.5) is 0 Å². The van der Waals surface area contributed by atoms with Crippen LogP contribution < -0.4 is 5.32 Å². The van der Waals surface area contributed by atoms with Gasteiger partial charge in [0.05, 0.1) is 5.69 Å². The molecule has 1 heterocycles. The van der Waals surface area contributed by atoms with Crippen LogP contribution in [0.3, 0.4) is 0 Å². The highest BCUT2D eigenvalue weighted by Gasteiger charge is 2.06. The van der Waals surface area contributed by atoms with E-state index in [4.69, 9.17) is 0 Å². The van der Waals surface area contributed by atoms with Gasteiger partial charge in [0.15, 0.2) is 0 Å². The second-order valence-corrected chi connectivity index (χ2v) is 4.63. The summed E-state index contributed by atoms with van der Waals surface area (Å²) < 4.78 is 0. The fourth-order valence-electron chi connectivity index (χ4n) is 1.86. The van der Waals surface area contributed by atoms with Crippen molar-refractivity contribution in [2.45, 2.75) is 39.8 Å². The van der Waals surface area contributed by atoms with E-state index in [1.165, 1.54) is 13.0 Å². The lowest BCUT2D eigenvalue weighted by molar-refractivity contribution is 0.222. The third-order valence-corrected chi connectivity index (χ3v) is 2.85. The molecule has 0 radical (unpaired) electrons. The van der Waals surface area contributed by atoms with E-state index in [0.29, 0.717) is 6.04 Å². The molecule has 96 valence electrons. The molecule has 1 aromatic rings. The normalized spacial score (nSPS) is 11.4. The average molecular weight is 235 g/mol. The van der Waals surface area contributed by atoms with E-state index in [2.05, 4.69) is 42.0 Å². The van der Waals surface area contributed by atoms with Crippen molar-refractivity contribution in [3.05, 3.63) is 30.1 Å². The molecule has 0 unspecified atom stereocenters. The third kappa shape index (κ3) is 5.80. The summed E-state index contributed by atoms with van der Waals surface area (Å²) in [5.74, 6) is 0. The second-order valence-electron chi connectivity index (χ2n) is 4.63. The molecule has 17 heavy (non-hydrogen) atoms. The van der Waals surface area contributed by atoms with Crippen LogP contribution in [0, 0.1) is 0 Å². The Hall–Kier alpha value is -0.930. The quantitative estimate of drug-likeness (QED) is 0.701. The largest absolute Gasteiger partial charge is 0.310 e. The molecule has 0 aromatic carbocycles. The Morgan fingerprint density at radius 3 is 2.71 bits per heavy atom. The lowest BCUT2D eigenvalue weighted by Gasteiger charge is -2.25. The molecule has 0 saturated heterocycles. The number of hydrogen-bond donors (Lipinski definition) is 1. The van der Waals surface area contributed by atoms with Gasteiger partial charge < -0.3 is 5.32 Å². The van der Waals surface area contributed by atoms with E-state index in [1.54, 1.807) is 0 Å². The van der Waals surface area contributed by atoms with Gasteiger partial charge in [0, 0.05) is 31.9 Å². The Balaban J connectivity index is 2.18. The van der Waals surface area contributed by atoms with Crippen LogP contribution in [0.15, 0.2) is 24.4 Å². The first-order chi connectivity index (χ1) is 8.24. The maximum Gasteiger partial charge on any atom is 0.0541 e. The van der Waals surface area contributed by atoms with Crippen LogP contribution in [0.1, 0.15) is 32.9 Å². The first-order valence-corrected chi connectivity index (χ1v) is 6.58. The standard InChI is InChI=1S/C14H25N3/c1-4-10-17(13(2)3)11-9-15-12-14-7-5-6-8-16-14/h5-8,13,15H,4,9-12H2,1-3H3. The van der Waals surface area contributed by atoms with Gasteiger partial charge in [-0.15, -0.1) is 0 Å². The highest BCUT2D eigenvalue weighted by molar-refractivity contribution is 5.02. The van der Waals surface area contributed by atoms with Crippen LogP contribution in [0.5, 0.6) is 0 Å². The average Bonchev–Trinajstić information content (AvgIpc) is 2.34. The monoisotopic (exact) mass is 235 g/mol. The summed E-state index contributed by atoms with van der Waals surface area (Å²) in [7, 11) is 0. The molecule has 0 saturated carbocycles. The van der Waals surface area contributed by atoms with Crippen LogP contribution in [0.25, 0.3) is 0 Å². The maximum absolute atomic E-state index is 4.29. The fraction of sp³-hybridized carbons (Fsp3) is 0.643. The Bertz CT molecular complexity index is 285. The molecule has 3 heteroatoms. The molecule has 0 aliphatic heterocycles. The van der Waals surface area contributed by atoms with Crippen LogP contribution in [-0.4, -0.2) is 35.6 Å². The molecule has 1 aromatic heterocycles. The molecule has 0 aliphatic rings. The predicted molar refractivity (Wildman–Crippen MR) is 72.9 cm³/mol. The summed E-state index contributed by atoms with van der Waals surface area (Å²) in [6.45, 7) is 10.9. The zero-order chi connectivity index (χ0) is 12.5. The fourth-order valence-corrected chi connectivity index (χ4v) is 1.86. The van der Waals surface area contributed by atoms with E-state index in [-0.39, 0.29) is 0 Å². The van der Waals surface area contributed by atoms with Crippen LogP contribution in [-0.2, 0) is 6.54 Å². The number of nitrogens with zero attached hydrogens (tertiary/aromatic N) is 2. The number of pyridine rings is 1. The molecule has 3 nitrogen and oxygen atoms in total. The van der Waals surface area contributed by atoms with Crippen molar-refractivity contribution in [2.24, 2.45) is 0 Å². The summed E-state index contributed by atoms with van der Waals surface area (Å²) in [5, 5.41) is 3.44. The van der Waals surface area contributed by atoms with E-state index >= 15 is 0 Å². The summed E-state index contributed by atoms with van der Waals surface area (Å²) in [6.07, 6.45) is 3.06. The molecule has 0 amide bonds. The minimum atomic E-state index is 0.631. The predicted octanol–water partition coefficient (Wildman–Crippen LogP) is 2.29. The van der Waals surface area contributed by atoms with Gasteiger partial charge in [-0.2, -0.15) is 0 Å². The summed E-state index contributed by atoms with van der Waals surface area (Å²) in [6, 6.07) is 6.66.